The summed E-state index contributed by atoms with van der Waals surface area (Å²) in [7, 11) is -0.902. The first-order valence-corrected chi connectivity index (χ1v) is 28.4. The van der Waals surface area contributed by atoms with Gasteiger partial charge in [-0.05, 0) is 74.7 Å². The van der Waals surface area contributed by atoms with Crippen LogP contribution in [0.1, 0.15) is 70.9 Å². The molecule has 0 aliphatic carbocycles. The first-order chi connectivity index (χ1) is 34.7. The van der Waals surface area contributed by atoms with Crippen LogP contribution in [0.15, 0.2) is 151 Å². The van der Waals surface area contributed by atoms with Crippen molar-refractivity contribution in [2.75, 3.05) is 26.6 Å². The summed E-state index contributed by atoms with van der Waals surface area (Å²) in [6.45, 7) is 15.1. The number of hydrogen-bond acceptors (Lipinski definition) is 12. The Morgan fingerprint density at radius 3 is 1.82 bits per heavy atom. The van der Waals surface area contributed by atoms with Crippen LogP contribution in [-0.2, 0) is 28.9 Å². The van der Waals surface area contributed by atoms with Gasteiger partial charge in [0.05, 0.1) is 33.3 Å². The number of anilines is 1. The molecule has 3 N–H and O–H groups in total. The maximum atomic E-state index is 15.4. The number of rotatable bonds is 22. The number of Topliss-reactive ketones (excluding diaryl/α,β-unsaturated/α-hetero) is 1. The van der Waals surface area contributed by atoms with Gasteiger partial charge in [-0.2, -0.15) is 4.98 Å². The number of nitrogens with two attached hydrogens (primary N) is 1. The standard InChI is InChI=1S/C56H67N6O8PSi/c1-37(2)50(63)52(69-56(40-19-13-10-14-20-40,41-25-29-43(65-7)30-26-41)42-27-31-44(66-8)32-28-42)51-47(35-48(68-51)61-36-58-49-53(61)59-55(57)60-54(49)64)70-71(62(38(3)4)39(5)6)67-33-34-72(9,45-21-15-11-16-22-45)46-23-17-12-18-24-46/h10-32,36-39,47-48,51-52H,33-35H2,1-9H3,(H3,57,59,60,64)/t47-,48+,51-,52?,71?/m0/s1. The second kappa shape index (κ2) is 22.8. The topological polar surface area (TPSA) is 165 Å². The van der Waals surface area contributed by atoms with Crippen LogP contribution in [0, 0.1) is 5.92 Å². The van der Waals surface area contributed by atoms with Gasteiger partial charge in [0.15, 0.2) is 16.9 Å². The summed E-state index contributed by atoms with van der Waals surface area (Å²) in [6.07, 6.45) is -2.19. The van der Waals surface area contributed by atoms with Gasteiger partial charge in [-0.15, -0.1) is 0 Å². The Balaban J connectivity index is 1.27. The molecule has 1 aliphatic rings. The molecule has 0 saturated carbocycles. The number of ether oxygens (including phenoxy) is 4. The molecule has 1 saturated heterocycles. The summed E-state index contributed by atoms with van der Waals surface area (Å²) < 4.78 is 44.8. The lowest BCUT2D eigenvalue weighted by atomic mass is 9.79. The van der Waals surface area contributed by atoms with Crippen LogP contribution in [-0.4, -0.2) is 89.3 Å². The zero-order valence-electron chi connectivity index (χ0n) is 42.6. The fraction of sp³-hybridized carbons (Fsp3) is 0.357. The third kappa shape index (κ3) is 10.8. The van der Waals surface area contributed by atoms with Crippen LogP contribution < -0.4 is 31.1 Å². The maximum absolute atomic E-state index is 15.4. The monoisotopic (exact) mass is 1010 g/mol. The quantitative estimate of drug-likeness (QED) is 0.0376. The first-order valence-electron chi connectivity index (χ1n) is 24.6. The lowest BCUT2D eigenvalue weighted by Crippen LogP contribution is -2.56. The Morgan fingerprint density at radius 1 is 0.806 bits per heavy atom. The second-order valence-corrected chi connectivity index (χ2v) is 25.0. The first kappa shape index (κ1) is 52.3. The Kier molecular flexibility index (Phi) is 16.6. The molecular formula is C56H67N6O8PSi. The highest BCUT2D eigenvalue weighted by atomic mass is 31.2. The molecule has 2 aromatic heterocycles. The van der Waals surface area contributed by atoms with Gasteiger partial charge in [0.2, 0.25) is 5.95 Å². The van der Waals surface area contributed by atoms with Gasteiger partial charge in [-0.25, -0.2) is 9.65 Å². The summed E-state index contributed by atoms with van der Waals surface area (Å²) in [5, 5.41) is 2.62. The molecule has 5 aromatic carbocycles. The fourth-order valence-corrected chi connectivity index (χ4v) is 15.0. The number of nitrogens with one attached hydrogen (secondary N) is 1. The van der Waals surface area contributed by atoms with Crippen molar-refractivity contribution in [1.29, 1.82) is 0 Å². The minimum Gasteiger partial charge on any atom is -0.497 e. The number of methoxy groups -OCH3 is 2. The summed E-state index contributed by atoms with van der Waals surface area (Å²) >= 11 is 0. The third-order valence-corrected chi connectivity index (χ3v) is 20.2. The molecule has 0 bridgehead atoms. The van der Waals surface area contributed by atoms with E-state index in [9.17, 15) is 4.79 Å². The Labute approximate surface area is 424 Å². The van der Waals surface area contributed by atoms with Crippen molar-refractivity contribution < 1.29 is 32.8 Å². The van der Waals surface area contributed by atoms with E-state index in [0.717, 1.165) is 22.7 Å². The predicted octanol–water partition coefficient (Wildman–Crippen LogP) is 9.25. The van der Waals surface area contributed by atoms with Crippen molar-refractivity contribution in [2.45, 2.75) is 103 Å². The number of nitrogen functional groups attached to an aromatic ring is 1. The number of hydrogen-bond donors (Lipinski definition) is 2. The maximum Gasteiger partial charge on any atom is 0.280 e. The number of ketones is 1. The molecule has 14 nitrogen and oxygen atoms in total. The second-order valence-electron chi connectivity index (χ2n) is 19.3. The van der Waals surface area contributed by atoms with Gasteiger partial charge in [-0.3, -0.25) is 19.1 Å². The fourth-order valence-electron chi connectivity index (χ4n) is 9.83. The average Bonchev–Trinajstić information content (AvgIpc) is 4.01. The molecule has 0 radical (unpaired) electrons. The number of carbonyl (C=O) groups excluding carboxylic acids is 1. The summed E-state index contributed by atoms with van der Waals surface area (Å²) in [6, 6.07) is 47.5. The lowest BCUT2D eigenvalue weighted by molar-refractivity contribution is -0.167. The highest BCUT2D eigenvalue weighted by molar-refractivity contribution is 7.44. The van der Waals surface area contributed by atoms with Crippen molar-refractivity contribution in [3.05, 3.63) is 173 Å². The summed E-state index contributed by atoms with van der Waals surface area (Å²) in [4.78, 5) is 40.1. The minimum absolute atomic E-state index is 0.0104. The van der Waals surface area contributed by atoms with Crippen molar-refractivity contribution in [3.8, 4) is 11.5 Å². The number of benzene rings is 5. The molecule has 5 atom stereocenters. The van der Waals surface area contributed by atoms with Crippen molar-refractivity contribution in [1.82, 2.24) is 24.2 Å². The predicted molar refractivity (Wildman–Crippen MR) is 287 cm³/mol. The van der Waals surface area contributed by atoms with E-state index in [2.05, 4.69) is 115 Å². The van der Waals surface area contributed by atoms with E-state index in [1.807, 2.05) is 92.7 Å². The van der Waals surface area contributed by atoms with E-state index in [1.54, 1.807) is 18.8 Å². The van der Waals surface area contributed by atoms with Crippen LogP contribution in [0.25, 0.3) is 11.2 Å². The normalized spacial score (nSPS) is 17.3. The Morgan fingerprint density at radius 2 is 1.32 bits per heavy atom. The Bertz CT molecular complexity index is 2830. The molecule has 378 valence electrons. The molecule has 1 fully saturated rings. The van der Waals surface area contributed by atoms with Crippen molar-refractivity contribution in [3.63, 3.8) is 0 Å². The molecule has 3 heterocycles. The highest BCUT2D eigenvalue weighted by Crippen LogP contribution is 2.52. The van der Waals surface area contributed by atoms with Gasteiger partial charge in [-0.1, -0.05) is 146 Å². The van der Waals surface area contributed by atoms with Gasteiger partial charge < -0.3 is 33.7 Å². The molecule has 7 aromatic rings. The van der Waals surface area contributed by atoms with Crippen LogP contribution >= 0.6 is 8.53 Å². The minimum atomic E-state index is -2.33. The van der Waals surface area contributed by atoms with Crippen molar-refractivity contribution in [2.24, 2.45) is 5.92 Å². The van der Waals surface area contributed by atoms with Crippen LogP contribution in [0.5, 0.6) is 11.5 Å². The van der Waals surface area contributed by atoms with Crippen LogP contribution in [0.3, 0.4) is 0 Å². The van der Waals surface area contributed by atoms with Gasteiger partial charge >= 0.3 is 0 Å². The van der Waals surface area contributed by atoms with E-state index in [0.29, 0.717) is 18.1 Å². The third-order valence-electron chi connectivity index (χ3n) is 13.6. The van der Waals surface area contributed by atoms with E-state index < -0.39 is 58.2 Å². The Hall–Kier alpha value is -6.03. The largest absolute Gasteiger partial charge is 0.497 e. The summed E-state index contributed by atoms with van der Waals surface area (Å²) in [5.41, 5.74) is 6.84. The number of carbonyl (C=O) groups is 1. The number of H-pyrrole nitrogens is 1. The molecule has 0 spiro atoms. The van der Waals surface area contributed by atoms with Gasteiger partial charge in [0, 0.05) is 24.4 Å². The van der Waals surface area contributed by atoms with Gasteiger partial charge in [0.1, 0.15) is 43.6 Å². The molecule has 0 amide bonds. The van der Waals surface area contributed by atoms with E-state index in [1.165, 1.54) is 16.7 Å². The molecule has 1 aliphatic heterocycles. The summed E-state index contributed by atoms with van der Waals surface area (Å²) in [5.74, 6) is 0.539. The molecule has 2 unspecified atom stereocenters. The van der Waals surface area contributed by atoms with Crippen molar-refractivity contribution >= 4 is 49.9 Å². The number of aromatic nitrogens is 4. The van der Waals surface area contributed by atoms with Gasteiger partial charge in [0.25, 0.3) is 14.1 Å². The SMILES string of the molecule is COc1ccc(C(OC(C(=O)C(C)C)[C@H]2O[C@@H](n3cnc4c(=O)[nH]c(N)nc43)C[C@@H]2OP(OCC[Si](C)(c2ccccc2)c2ccccc2)N(C(C)C)C(C)C)(c2ccccc2)c2ccc(OC)cc2)cc1. The highest BCUT2D eigenvalue weighted by Gasteiger charge is 2.52. The van der Waals surface area contributed by atoms with E-state index in [4.69, 9.17) is 33.7 Å². The van der Waals surface area contributed by atoms with Crippen LogP contribution in [0.2, 0.25) is 12.6 Å². The molecule has 8 rings (SSSR count). The van der Waals surface area contributed by atoms with E-state index >= 15 is 4.79 Å². The number of imidazole rings is 1. The smallest absolute Gasteiger partial charge is 0.280 e. The number of fused-ring (bicyclic) bond motifs is 1. The van der Waals surface area contributed by atoms with E-state index in [-0.39, 0.29) is 41.4 Å². The zero-order chi connectivity index (χ0) is 51.2. The molecule has 16 heteroatoms. The lowest BCUT2D eigenvalue weighted by Gasteiger charge is -2.42. The molecular weight excluding hydrogens is 944 g/mol. The average molecular weight is 1010 g/mol. The number of nitrogens with zero attached hydrogens (tertiary/aromatic N) is 4. The van der Waals surface area contributed by atoms with Crippen LogP contribution in [0.4, 0.5) is 5.95 Å². The zero-order valence-corrected chi connectivity index (χ0v) is 44.5. The number of aromatic amines is 1. The molecule has 72 heavy (non-hydrogen) atoms.